The number of likely N-dealkylation sites (N-methyl/N-ethyl adjacent to an activating group) is 1. The van der Waals surface area contributed by atoms with Gasteiger partial charge in [0.15, 0.2) is 0 Å². The number of carboxylic acids is 1. The van der Waals surface area contributed by atoms with Crippen molar-refractivity contribution in [2.75, 3.05) is 13.7 Å². The van der Waals surface area contributed by atoms with Crippen LogP contribution in [0.2, 0.25) is 0 Å². The van der Waals surface area contributed by atoms with Crippen LogP contribution in [0.5, 0.6) is 0 Å². The van der Waals surface area contributed by atoms with Gasteiger partial charge in [0.25, 0.3) is 0 Å². The molecule has 0 aliphatic carbocycles. The summed E-state index contributed by atoms with van der Waals surface area (Å²) in [6.45, 7) is 3.06. The summed E-state index contributed by atoms with van der Waals surface area (Å²) < 4.78 is 25.7. The lowest BCUT2D eigenvalue weighted by Crippen LogP contribution is -2.37. The first kappa shape index (κ1) is 16.6. The molecule has 1 aromatic rings. The molecule has 0 aromatic heterocycles. The number of carbonyl (C=O) groups is 1. The van der Waals surface area contributed by atoms with Gasteiger partial charge in [-0.15, -0.1) is 0 Å². The second-order valence-electron chi connectivity index (χ2n) is 4.53. The molecule has 2 N–H and O–H groups in total. The summed E-state index contributed by atoms with van der Waals surface area (Å²) in [5.74, 6) is -1.16. The predicted octanol–water partition coefficient (Wildman–Crippen LogP) is 0.948. The average molecular weight is 301 g/mol. The van der Waals surface area contributed by atoms with Crippen LogP contribution in [-0.4, -0.2) is 48.6 Å². The van der Waals surface area contributed by atoms with Gasteiger partial charge in [0, 0.05) is 13.1 Å². The van der Waals surface area contributed by atoms with E-state index in [1.54, 1.807) is 13.8 Å². The van der Waals surface area contributed by atoms with E-state index in [2.05, 4.69) is 0 Å². The fourth-order valence-electron chi connectivity index (χ4n) is 1.74. The molecule has 7 heteroatoms. The van der Waals surface area contributed by atoms with Crippen molar-refractivity contribution < 1.29 is 23.4 Å². The highest BCUT2D eigenvalue weighted by molar-refractivity contribution is 7.89. The van der Waals surface area contributed by atoms with Gasteiger partial charge in [0.05, 0.1) is 17.1 Å². The van der Waals surface area contributed by atoms with Crippen LogP contribution in [-0.2, 0) is 16.4 Å². The van der Waals surface area contributed by atoms with E-state index in [-0.39, 0.29) is 17.1 Å². The number of rotatable bonds is 6. The standard InChI is InChI=1S/C13H19NO5S/c1-4-10-5-6-11(7-12(10)13(16)17)20(18,19)14(3)9(2)8-15/h5-7,9,15H,4,8H2,1-3H3,(H,16,17). The Labute approximate surface area is 118 Å². The van der Waals surface area contributed by atoms with Crippen molar-refractivity contribution in [3.8, 4) is 0 Å². The topological polar surface area (TPSA) is 94.9 Å². The summed E-state index contributed by atoms with van der Waals surface area (Å²) in [4.78, 5) is 11.1. The van der Waals surface area contributed by atoms with Gasteiger partial charge in [-0.3, -0.25) is 0 Å². The largest absolute Gasteiger partial charge is 0.478 e. The van der Waals surface area contributed by atoms with Gasteiger partial charge in [-0.1, -0.05) is 13.0 Å². The maximum atomic E-state index is 12.3. The van der Waals surface area contributed by atoms with Crippen molar-refractivity contribution in [3.63, 3.8) is 0 Å². The number of benzene rings is 1. The number of aliphatic hydroxyl groups is 1. The summed E-state index contributed by atoms with van der Waals surface area (Å²) in [6, 6.07) is 3.48. The van der Waals surface area contributed by atoms with Crippen molar-refractivity contribution in [3.05, 3.63) is 29.3 Å². The lowest BCUT2D eigenvalue weighted by molar-refractivity contribution is 0.0695. The van der Waals surface area contributed by atoms with Crippen molar-refractivity contribution in [2.24, 2.45) is 0 Å². The first-order chi connectivity index (χ1) is 9.25. The molecule has 1 unspecified atom stereocenters. The van der Waals surface area contributed by atoms with Gasteiger partial charge < -0.3 is 10.2 Å². The Balaban J connectivity index is 3.33. The van der Waals surface area contributed by atoms with Gasteiger partial charge in [0.2, 0.25) is 10.0 Å². The zero-order chi connectivity index (χ0) is 15.5. The Morgan fingerprint density at radius 3 is 2.45 bits per heavy atom. The van der Waals surface area contributed by atoms with Gasteiger partial charge in [-0.2, -0.15) is 4.31 Å². The second kappa shape index (κ2) is 6.34. The molecule has 20 heavy (non-hydrogen) atoms. The van der Waals surface area contributed by atoms with Crippen molar-refractivity contribution >= 4 is 16.0 Å². The lowest BCUT2D eigenvalue weighted by Gasteiger charge is -2.23. The number of aryl methyl sites for hydroxylation is 1. The quantitative estimate of drug-likeness (QED) is 0.815. The van der Waals surface area contributed by atoms with Crippen LogP contribution >= 0.6 is 0 Å². The van der Waals surface area contributed by atoms with E-state index in [1.807, 2.05) is 0 Å². The molecular formula is C13H19NO5S. The monoisotopic (exact) mass is 301 g/mol. The molecule has 0 aliphatic rings. The third kappa shape index (κ3) is 3.17. The number of hydrogen-bond acceptors (Lipinski definition) is 4. The number of carboxylic acid groups (broad SMARTS) is 1. The van der Waals surface area contributed by atoms with Crippen molar-refractivity contribution in [1.29, 1.82) is 0 Å². The first-order valence-corrected chi connectivity index (χ1v) is 7.64. The van der Waals surface area contributed by atoms with Crippen LogP contribution in [0.1, 0.15) is 29.8 Å². The zero-order valence-corrected chi connectivity index (χ0v) is 12.5. The van der Waals surface area contributed by atoms with Gasteiger partial charge in [-0.25, -0.2) is 13.2 Å². The summed E-state index contributed by atoms with van der Waals surface area (Å²) >= 11 is 0. The molecule has 0 fully saturated rings. The van der Waals surface area contributed by atoms with Crippen molar-refractivity contribution in [2.45, 2.75) is 31.2 Å². The Morgan fingerprint density at radius 1 is 1.40 bits per heavy atom. The molecule has 0 radical (unpaired) electrons. The summed E-state index contributed by atoms with van der Waals surface area (Å²) in [5.41, 5.74) is 0.563. The second-order valence-corrected chi connectivity index (χ2v) is 6.53. The van der Waals surface area contributed by atoms with E-state index in [0.29, 0.717) is 12.0 Å². The van der Waals surface area contributed by atoms with Crippen LogP contribution in [0.4, 0.5) is 0 Å². The fraction of sp³-hybridized carbons (Fsp3) is 0.462. The third-order valence-electron chi connectivity index (χ3n) is 3.25. The smallest absolute Gasteiger partial charge is 0.336 e. The molecule has 1 atom stereocenters. The Bertz CT molecular complexity index is 597. The molecule has 0 saturated heterocycles. The third-order valence-corrected chi connectivity index (χ3v) is 5.22. The Hall–Kier alpha value is -1.44. The van der Waals surface area contributed by atoms with Gasteiger partial charge >= 0.3 is 5.97 Å². The molecule has 0 heterocycles. The van der Waals surface area contributed by atoms with Crippen LogP contribution < -0.4 is 0 Å². The first-order valence-electron chi connectivity index (χ1n) is 6.20. The fourth-order valence-corrected chi connectivity index (χ4v) is 3.12. The van der Waals surface area contributed by atoms with Gasteiger partial charge in [-0.05, 0) is 31.0 Å². The molecule has 6 nitrogen and oxygen atoms in total. The molecule has 1 rings (SSSR count). The van der Waals surface area contributed by atoms with E-state index >= 15 is 0 Å². The van der Waals surface area contributed by atoms with E-state index < -0.39 is 22.0 Å². The number of aromatic carboxylic acids is 1. The SMILES string of the molecule is CCc1ccc(S(=O)(=O)N(C)C(C)CO)cc1C(=O)O. The molecule has 112 valence electrons. The normalized spacial score (nSPS) is 13.4. The minimum atomic E-state index is -3.82. The van der Waals surface area contributed by atoms with Crippen molar-refractivity contribution in [1.82, 2.24) is 4.31 Å². The minimum absolute atomic E-state index is 0.0152. The highest BCUT2D eigenvalue weighted by Crippen LogP contribution is 2.21. The van der Waals surface area contributed by atoms with Gasteiger partial charge in [0.1, 0.15) is 0 Å². The predicted molar refractivity (Wildman–Crippen MR) is 74.3 cm³/mol. The van der Waals surface area contributed by atoms with Crippen LogP contribution in [0.25, 0.3) is 0 Å². The van der Waals surface area contributed by atoms with E-state index in [9.17, 15) is 13.2 Å². The summed E-state index contributed by atoms with van der Waals surface area (Å²) in [6.07, 6.45) is 0.505. The Morgan fingerprint density at radius 2 is 2.00 bits per heavy atom. The highest BCUT2D eigenvalue weighted by Gasteiger charge is 2.26. The molecule has 0 spiro atoms. The lowest BCUT2D eigenvalue weighted by atomic mass is 10.1. The zero-order valence-electron chi connectivity index (χ0n) is 11.7. The maximum absolute atomic E-state index is 12.3. The number of hydrogen-bond donors (Lipinski definition) is 2. The highest BCUT2D eigenvalue weighted by atomic mass is 32.2. The molecule has 0 saturated carbocycles. The van der Waals surface area contributed by atoms with Crippen LogP contribution in [0, 0.1) is 0 Å². The molecular weight excluding hydrogens is 282 g/mol. The van der Waals surface area contributed by atoms with E-state index in [0.717, 1.165) is 10.4 Å². The molecule has 0 aliphatic heterocycles. The average Bonchev–Trinajstić information content (AvgIpc) is 2.44. The number of nitrogens with zero attached hydrogens (tertiary/aromatic N) is 1. The van der Waals surface area contributed by atoms with Crippen LogP contribution in [0.3, 0.4) is 0 Å². The summed E-state index contributed by atoms with van der Waals surface area (Å²) in [7, 11) is -2.47. The minimum Gasteiger partial charge on any atom is -0.478 e. The number of aliphatic hydroxyl groups excluding tert-OH is 1. The maximum Gasteiger partial charge on any atom is 0.336 e. The molecule has 0 amide bonds. The van der Waals surface area contributed by atoms with Crippen LogP contribution in [0.15, 0.2) is 23.1 Å². The summed E-state index contributed by atoms with van der Waals surface area (Å²) in [5, 5.41) is 18.2. The molecule has 1 aromatic carbocycles. The van der Waals surface area contributed by atoms with E-state index in [1.165, 1.54) is 19.2 Å². The number of sulfonamides is 1. The Kier molecular flexibility index (Phi) is 5.27. The van der Waals surface area contributed by atoms with E-state index in [4.69, 9.17) is 10.2 Å². The molecule has 0 bridgehead atoms.